The minimum absolute atomic E-state index is 0.212. The number of anilines is 1. The average molecular weight is 570 g/mol. The first-order valence-corrected chi connectivity index (χ1v) is 12.8. The van der Waals surface area contributed by atoms with Gasteiger partial charge in [0.1, 0.15) is 23.4 Å². The fourth-order valence-corrected chi connectivity index (χ4v) is 4.73. The number of carboxylic acid groups (broad SMARTS) is 1. The number of ether oxygens (including phenoxy) is 1. The second-order valence-corrected chi connectivity index (χ2v) is 9.45. The van der Waals surface area contributed by atoms with Crippen molar-refractivity contribution in [3.05, 3.63) is 53.5 Å². The molecule has 0 saturated heterocycles. The van der Waals surface area contributed by atoms with Crippen molar-refractivity contribution in [3.63, 3.8) is 0 Å². The Morgan fingerprint density at radius 3 is 2.48 bits per heavy atom. The first kappa shape index (κ1) is 23.7. The number of halogens is 2. The molecule has 6 nitrogen and oxygen atoms in total. The predicted molar refractivity (Wildman–Crippen MR) is 131 cm³/mol. The van der Waals surface area contributed by atoms with Gasteiger partial charge in [-0.25, -0.2) is 9.78 Å². The number of carbonyl (C=O) groups is 2. The van der Waals surface area contributed by atoms with Gasteiger partial charge in [-0.05, 0) is 49.2 Å². The Bertz CT molecular complexity index is 993. The summed E-state index contributed by atoms with van der Waals surface area (Å²) >= 11 is 8.20. The molecule has 0 aliphatic heterocycles. The van der Waals surface area contributed by atoms with Crippen LogP contribution in [0.1, 0.15) is 24.3 Å². The molecule has 3 rings (SSSR count). The molecule has 9 heteroatoms. The van der Waals surface area contributed by atoms with Gasteiger partial charge in [-0.2, -0.15) is 0 Å². The average Bonchev–Trinajstić information content (AvgIpc) is 3.19. The third kappa shape index (κ3) is 6.27. The lowest BCUT2D eigenvalue weighted by atomic mass is 10.1. The van der Waals surface area contributed by atoms with E-state index in [0.29, 0.717) is 41.5 Å². The van der Waals surface area contributed by atoms with E-state index in [4.69, 9.17) is 4.74 Å². The van der Waals surface area contributed by atoms with Crippen LogP contribution in [0.4, 0.5) is 5.69 Å². The maximum Gasteiger partial charge on any atom is 0.326 e. The van der Waals surface area contributed by atoms with Gasteiger partial charge < -0.3 is 9.84 Å². The number of aliphatic carboxylic acids is 1. The maximum absolute atomic E-state index is 12.8. The predicted octanol–water partition coefficient (Wildman–Crippen LogP) is 5.62. The largest absolute Gasteiger partial charge is 0.486 e. The van der Waals surface area contributed by atoms with Gasteiger partial charge in [-0.1, -0.05) is 44.0 Å². The van der Waals surface area contributed by atoms with E-state index in [1.807, 2.05) is 24.3 Å². The number of aromatic nitrogens is 1. The highest BCUT2D eigenvalue weighted by Gasteiger charge is 2.30. The molecule has 1 atom stereocenters. The van der Waals surface area contributed by atoms with Crippen molar-refractivity contribution in [1.29, 1.82) is 0 Å². The van der Waals surface area contributed by atoms with Gasteiger partial charge in [0, 0.05) is 22.8 Å². The smallest absolute Gasteiger partial charge is 0.326 e. The molecule has 0 fully saturated rings. The minimum atomic E-state index is -1.03. The standard InChI is InChI=1S/C22H22Br2N2O4S/c23-12-3-6-21(27)26(18(11-13-24)22(28)29)15-7-9-16(10-8-15)30-14-20-25-17-4-1-2-5-19(17)31-20/h1-2,4-5,7-10,18H,3,6,11-14H2,(H,28,29). The lowest BCUT2D eigenvalue weighted by molar-refractivity contribution is -0.140. The Labute approximate surface area is 201 Å². The van der Waals surface area contributed by atoms with E-state index < -0.39 is 12.0 Å². The number of thiazole rings is 1. The fraction of sp³-hybridized carbons (Fsp3) is 0.318. The molecule has 0 aliphatic carbocycles. The molecule has 2 aromatic carbocycles. The van der Waals surface area contributed by atoms with Crippen molar-refractivity contribution in [3.8, 4) is 5.75 Å². The van der Waals surface area contributed by atoms with Crippen LogP contribution in [0.2, 0.25) is 0 Å². The Kier molecular flexibility index (Phi) is 8.86. The van der Waals surface area contributed by atoms with Crippen LogP contribution in [0.15, 0.2) is 48.5 Å². The van der Waals surface area contributed by atoms with E-state index in [1.54, 1.807) is 35.6 Å². The highest BCUT2D eigenvalue weighted by Crippen LogP contribution is 2.26. The summed E-state index contributed by atoms with van der Waals surface area (Å²) in [5.74, 6) is -0.609. The Hall–Kier alpha value is -1.97. The summed E-state index contributed by atoms with van der Waals surface area (Å²) in [6.45, 7) is 0.341. The lowest BCUT2D eigenvalue weighted by Gasteiger charge is -2.29. The third-order valence-corrected chi connectivity index (χ3v) is 6.62. The van der Waals surface area contributed by atoms with Crippen molar-refractivity contribution in [2.75, 3.05) is 15.6 Å². The number of alkyl halides is 2. The molecule has 1 unspecified atom stereocenters. The van der Waals surface area contributed by atoms with Crippen molar-refractivity contribution >= 4 is 71.0 Å². The molecule has 0 radical (unpaired) electrons. The fourth-order valence-electron chi connectivity index (χ4n) is 3.13. The highest BCUT2D eigenvalue weighted by molar-refractivity contribution is 9.09. The SMILES string of the molecule is O=C(O)C(CCBr)N(C(=O)CCCBr)c1ccc(OCc2nc3ccccc3s2)cc1. The molecule has 0 aliphatic rings. The van der Waals surface area contributed by atoms with Crippen LogP contribution in [0.5, 0.6) is 5.75 Å². The number of benzene rings is 2. The second kappa shape index (κ2) is 11.6. The monoisotopic (exact) mass is 568 g/mol. The molecular formula is C22H22Br2N2O4S. The third-order valence-electron chi connectivity index (χ3n) is 4.59. The molecule has 1 heterocycles. The van der Waals surface area contributed by atoms with Gasteiger partial charge in [0.25, 0.3) is 0 Å². The molecule has 164 valence electrons. The molecular weight excluding hydrogens is 548 g/mol. The second-order valence-electron chi connectivity index (χ2n) is 6.75. The number of amides is 1. The van der Waals surface area contributed by atoms with Crippen LogP contribution in [-0.4, -0.2) is 38.7 Å². The van der Waals surface area contributed by atoms with Crippen LogP contribution >= 0.6 is 43.2 Å². The Morgan fingerprint density at radius 1 is 1.10 bits per heavy atom. The van der Waals surface area contributed by atoms with Crippen molar-refractivity contribution in [1.82, 2.24) is 4.98 Å². The van der Waals surface area contributed by atoms with Gasteiger partial charge in [-0.15, -0.1) is 11.3 Å². The summed E-state index contributed by atoms with van der Waals surface area (Å²) in [4.78, 5) is 30.6. The van der Waals surface area contributed by atoms with Crippen LogP contribution in [-0.2, 0) is 16.2 Å². The first-order chi connectivity index (χ1) is 15.0. The zero-order valence-corrected chi connectivity index (χ0v) is 20.7. The number of nitrogens with zero attached hydrogens (tertiary/aromatic N) is 2. The number of rotatable bonds is 11. The van der Waals surface area contributed by atoms with Gasteiger partial charge in [0.15, 0.2) is 0 Å². The van der Waals surface area contributed by atoms with Gasteiger partial charge >= 0.3 is 5.97 Å². The summed E-state index contributed by atoms with van der Waals surface area (Å²) < 4.78 is 6.96. The number of carbonyl (C=O) groups excluding carboxylic acids is 1. The zero-order valence-electron chi connectivity index (χ0n) is 16.7. The molecule has 1 aromatic heterocycles. The van der Waals surface area contributed by atoms with E-state index in [2.05, 4.69) is 36.8 Å². The van der Waals surface area contributed by atoms with E-state index in [9.17, 15) is 14.7 Å². The van der Waals surface area contributed by atoms with Crippen LogP contribution in [0.3, 0.4) is 0 Å². The van der Waals surface area contributed by atoms with Gasteiger partial charge in [0.05, 0.1) is 10.2 Å². The van der Waals surface area contributed by atoms with Crippen molar-refractivity contribution < 1.29 is 19.4 Å². The number of fused-ring (bicyclic) bond motifs is 1. The normalized spacial score (nSPS) is 11.9. The molecule has 0 saturated carbocycles. The molecule has 1 N–H and O–H groups in total. The van der Waals surface area contributed by atoms with Crippen LogP contribution < -0.4 is 9.64 Å². The molecule has 0 spiro atoms. The number of para-hydroxylation sites is 1. The van der Waals surface area contributed by atoms with Crippen molar-refractivity contribution in [2.45, 2.75) is 31.9 Å². The highest BCUT2D eigenvalue weighted by atomic mass is 79.9. The summed E-state index contributed by atoms with van der Waals surface area (Å²) in [5.41, 5.74) is 1.49. The number of hydrogen-bond acceptors (Lipinski definition) is 5. The number of carboxylic acids is 1. The summed E-state index contributed by atoms with van der Waals surface area (Å²) in [6, 6.07) is 14.0. The topological polar surface area (TPSA) is 79.7 Å². The summed E-state index contributed by atoms with van der Waals surface area (Å²) in [5, 5.41) is 11.7. The Balaban J connectivity index is 1.74. The van der Waals surface area contributed by atoms with Crippen molar-refractivity contribution in [2.24, 2.45) is 0 Å². The Morgan fingerprint density at radius 2 is 1.84 bits per heavy atom. The molecule has 0 bridgehead atoms. The van der Waals surface area contributed by atoms with Crippen LogP contribution in [0, 0.1) is 0 Å². The molecule has 3 aromatic rings. The summed E-state index contributed by atoms with van der Waals surface area (Å²) in [7, 11) is 0. The maximum atomic E-state index is 12.8. The minimum Gasteiger partial charge on any atom is -0.486 e. The van der Waals surface area contributed by atoms with E-state index >= 15 is 0 Å². The van der Waals surface area contributed by atoms with E-state index in [1.165, 1.54) is 4.90 Å². The zero-order chi connectivity index (χ0) is 22.2. The van der Waals surface area contributed by atoms with Crippen LogP contribution in [0.25, 0.3) is 10.2 Å². The van der Waals surface area contributed by atoms with Gasteiger partial charge in [0.2, 0.25) is 5.91 Å². The first-order valence-electron chi connectivity index (χ1n) is 9.77. The number of hydrogen-bond donors (Lipinski definition) is 1. The molecule has 1 amide bonds. The van der Waals surface area contributed by atoms with Gasteiger partial charge in [-0.3, -0.25) is 9.69 Å². The molecule has 31 heavy (non-hydrogen) atoms. The summed E-state index contributed by atoms with van der Waals surface area (Å²) in [6.07, 6.45) is 1.22. The van der Waals surface area contributed by atoms with E-state index in [0.717, 1.165) is 15.2 Å². The quantitative estimate of drug-likeness (QED) is 0.303. The van der Waals surface area contributed by atoms with E-state index in [-0.39, 0.29) is 12.3 Å². The lowest BCUT2D eigenvalue weighted by Crippen LogP contribution is -2.45.